The first-order valence-electron chi connectivity index (χ1n) is 4.77. The normalized spacial score (nSPS) is 16.9. The molecule has 0 spiro atoms. The first-order valence-corrected chi connectivity index (χ1v) is 4.77. The molecule has 82 valence electrons. The molecule has 0 amide bonds. The fourth-order valence-electron chi connectivity index (χ4n) is 1.50. The first-order chi connectivity index (χ1) is 7.08. The minimum atomic E-state index is -0.582. The molecule has 1 rings (SSSR count). The van der Waals surface area contributed by atoms with Gasteiger partial charge in [0.05, 0.1) is 27.2 Å². The van der Waals surface area contributed by atoms with Gasteiger partial charge in [-0.2, -0.15) is 0 Å². The van der Waals surface area contributed by atoms with E-state index in [1.54, 1.807) is 0 Å². The summed E-state index contributed by atoms with van der Waals surface area (Å²) >= 11 is 0. The summed E-state index contributed by atoms with van der Waals surface area (Å²) in [5, 5.41) is 0. The van der Waals surface area contributed by atoms with Crippen molar-refractivity contribution in [3.8, 4) is 0 Å². The van der Waals surface area contributed by atoms with E-state index in [9.17, 15) is 4.79 Å². The maximum absolute atomic E-state index is 10.7. The number of nitrogens with zero attached hydrogens (tertiary/aromatic N) is 1. The molecule has 1 fully saturated rings. The second-order valence-corrected chi connectivity index (χ2v) is 3.64. The summed E-state index contributed by atoms with van der Waals surface area (Å²) < 4.78 is 18.7. The first kappa shape index (κ1) is 14.2. The molecule has 1 saturated heterocycles. The van der Waals surface area contributed by atoms with E-state index in [0.717, 1.165) is 17.6 Å². The van der Waals surface area contributed by atoms with Crippen LogP contribution in [0, 0.1) is 0 Å². The van der Waals surface area contributed by atoms with Crippen molar-refractivity contribution in [1.82, 2.24) is 0 Å². The molecule has 5 nitrogen and oxygen atoms in total. The average Bonchev–Trinajstić information content (AvgIpc) is 2.64. The van der Waals surface area contributed by atoms with Crippen molar-refractivity contribution in [1.29, 1.82) is 0 Å². The van der Waals surface area contributed by atoms with Crippen LogP contribution in [0.3, 0.4) is 0 Å². The van der Waals surface area contributed by atoms with Crippen LogP contribution in [0.2, 0.25) is 0 Å². The van der Waals surface area contributed by atoms with E-state index < -0.39 is 6.16 Å². The van der Waals surface area contributed by atoms with Crippen molar-refractivity contribution in [2.24, 2.45) is 0 Å². The predicted octanol–water partition coefficient (Wildman–Crippen LogP) is 0.0869. The van der Waals surface area contributed by atoms with Crippen LogP contribution in [0.1, 0.15) is 12.8 Å². The zero-order valence-corrected chi connectivity index (χ0v) is 9.27. The molecule has 0 aromatic heterocycles. The van der Waals surface area contributed by atoms with E-state index >= 15 is 0 Å². The Morgan fingerprint density at radius 2 is 1.93 bits per heavy atom. The molecule has 0 bridgehead atoms. The van der Waals surface area contributed by atoms with E-state index in [-0.39, 0.29) is 7.04 Å². The SMILES string of the molecule is COC(=O)OC[N+]1(C)CCCC1.[B]B=O. The Morgan fingerprint density at radius 3 is 2.33 bits per heavy atom. The third-order valence-corrected chi connectivity index (χ3v) is 2.31. The Kier molecular flexibility index (Phi) is 7.03. The fourth-order valence-corrected chi connectivity index (χ4v) is 1.50. The van der Waals surface area contributed by atoms with Gasteiger partial charge in [0.15, 0.2) is 0 Å². The van der Waals surface area contributed by atoms with E-state index in [4.69, 9.17) is 9.44 Å². The summed E-state index contributed by atoms with van der Waals surface area (Å²) in [4.78, 5) is 10.7. The summed E-state index contributed by atoms with van der Waals surface area (Å²) in [5.41, 5.74) is 0. The van der Waals surface area contributed by atoms with Crippen molar-refractivity contribution < 1.29 is 23.5 Å². The summed E-state index contributed by atoms with van der Waals surface area (Å²) in [6, 6.07) is 0. The summed E-state index contributed by atoms with van der Waals surface area (Å²) in [5.74, 6) is 0. The van der Waals surface area contributed by atoms with Crippen LogP contribution in [0.25, 0.3) is 0 Å². The number of quaternary nitrogens is 1. The Balaban J connectivity index is 0.000000583. The van der Waals surface area contributed by atoms with Crippen LogP contribution >= 0.6 is 0 Å². The molecule has 0 atom stereocenters. The quantitative estimate of drug-likeness (QED) is 0.369. The van der Waals surface area contributed by atoms with Gasteiger partial charge in [-0.1, -0.05) is 0 Å². The Labute approximate surface area is 92.0 Å². The molecule has 0 aliphatic carbocycles. The van der Waals surface area contributed by atoms with Gasteiger partial charge in [-0.05, 0) is 0 Å². The van der Waals surface area contributed by atoms with Crippen molar-refractivity contribution in [3.63, 3.8) is 0 Å². The van der Waals surface area contributed by atoms with E-state index in [1.807, 2.05) is 0 Å². The van der Waals surface area contributed by atoms with E-state index in [1.165, 1.54) is 20.0 Å². The molecule has 0 aromatic rings. The van der Waals surface area contributed by atoms with Crippen LogP contribution in [-0.2, 0) is 14.2 Å². The second kappa shape index (κ2) is 7.45. The zero-order chi connectivity index (χ0) is 11.7. The van der Waals surface area contributed by atoms with Gasteiger partial charge in [-0.3, -0.25) is 4.48 Å². The van der Waals surface area contributed by atoms with Gasteiger partial charge < -0.3 is 9.47 Å². The molecule has 15 heavy (non-hydrogen) atoms. The van der Waals surface area contributed by atoms with Gasteiger partial charge in [0.2, 0.25) is 6.73 Å². The molecular formula is C8H16B2NO4+. The molecule has 1 aliphatic rings. The fraction of sp³-hybridized carbons (Fsp3) is 0.875. The number of carbonyl (C=O) groups is 1. The van der Waals surface area contributed by atoms with Crippen LogP contribution in [-0.4, -0.2) is 59.4 Å². The molecule has 0 aromatic carbocycles. The number of rotatable bonds is 2. The molecular weight excluding hydrogens is 196 g/mol. The third-order valence-electron chi connectivity index (χ3n) is 2.31. The minimum absolute atomic E-state index is 0.250. The number of ether oxygens (including phenoxy) is 2. The van der Waals surface area contributed by atoms with Gasteiger partial charge in [0.1, 0.15) is 0 Å². The molecule has 1 heterocycles. The van der Waals surface area contributed by atoms with Crippen molar-refractivity contribution >= 4 is 20.9 Å². The second-order valence-electron chi connectivity index (χ2n) is 3.64. The average molecular weight is 212 g/mol. The third kappa shape index (κ3) is 6.28. The Bertz CT molecular complexity index is 207. The topological polar surface area (TPSA) is 52.6 Å². The molecule has 0 saturated carbocycles. The molecule has 2 radical (unpaired) electrons. The van der Waals surface area contributed by atoms with Gasteiger partial charge in [-0.15, -0.1) is 0 Å². The van der Waals surface area contributed by atoms with Gasteiger partial charge >= 0.3 is 25.6 Å². The van der Waals surface area contributed by atoms with E-state index in [2.05, 4.69) is 19.5 Å². The van der Waals surface area contributed by atoms with Gasteiger partial charge in [0, 0.05) is 12.8 Å². The summed E-state index contributed by atoms with van der Waals surface area (Å²) in [7, 11) is 7.84. The van der Waals surface area contributed by atoms with Gasteiger partial charge in [0.25, 0.3) is 0 Å². The van der Waals surface area contributed by atoms with Gasteiger partial charge in [-0.25, -0.2) is 4.79 Å². The maximum atomic E-state index is 10.7. The van der Waals surface area contributed by atoms with Crippen molar-refractivity contribution in [2.75, 3.05) is 34.0 Å². The zero-order valence-electron chi connectivity index (χ0n) is 9.27. The number of hydrogen-bond acceptors (Lipinski definition) is 4. The summed E-state index contributed by atoms with van der Waals surface area (Å²) in [6.45, 7) is 2.63. The molecule has 1 aliphatic heterocycles. The van der Waals surface area contributed by atoms with Crippen molar-refractivity contribution in [2.45, 2.75) is 12.8 Å². The number of likely N-dealkylation sites (tertiary alicyclic amines) is 1. The number of carbonyl (C=O) groups excluding carboxylic acids is 1. The molecule has 0 unspecified atom stereocenters. The predicted molar refractivity (Wildman–Crippen MR) is 55.7 cm³/mol. The van der Waals surface area contributed by atoms with Crippen LogP contribution in [0.4, 0.5) is 4.79 Å². The summed E-state index contributed by atoms with van der Waals surface area (Å²) in [6.07, 6.45) is 1.86. The van der Waals surface area contributed by atoms with Crippen molar-refractivity contribution in [3.05, 3.63) is 0 Å². The number of hydrogen-bond donors (Lipinski definition) is 0. The van der Waals surface area contributed by atoms with Crippen LogP contribution in [0.15, 0.2) is 0 Å². The molecule has 7 heteroatoms. The molecule has 0 N–H and O–H groups in total. The van der Waals surface area contributed by atoms with E-state index in [0.29, 0.717) is 6.73 Å². The Morgan fingerprint density at radius 1 is 1.47 bits per heavy atom. The van der Waals surface area contributed by atoms with Crippen LogP contribution < -0.4 is 0 Å². The standard InChI is InChI=1S/C8H16NO3.B2O/c1-9(5-3-4-6-9)7-12-8(10)11-2;1-2-3/h3-7H2,1-2H3;/q+1;. The van der Waals surface area contributed by atoms with Crippen LogP contribution in [0.5, 0.6) is 0 Å². The number of methoxy groups -OCH3 is 1. The Hall–Kier alpha value is -0.840. The monoisotopic (exact) mass is 212 g/mol.